The molecule has 29 heavy (non-hydrogen) atoms. The highest BCUT2D eigenvalue weighted by Gasteiger charge is 2.57. The van der Waals surface area contributed by atoms with Crippen molar-refractivity contribution in [1.82, 2.24) is 14.2 Å². The fourth-order valence-corrected chi connectivity index (χ4v) is 2.46. The molecule has 0 atom stereocenters. The van der Waals surface area contributed by atoms with Gasteiger partial charge in [0.1, 0.15) is 6.54 Å². The summed E-state index contributed by atoms with van der Waals surface area (Å²) < 4.78 is 105. The van der Waals surface area contributed by atoms with Crippen molar-refractivity contribution in [3.05, 3.63) is 39.6 Å². The van der Waals surface area contributed by atoms with Crippen LogP contribution in [0.3, 0.4) is 0 Å². The highest BCUT2D eigenvalue weighted by atomic mass is 19.4. The van der Waals surface area contributed by atoms with E-state index in [1.165, 1.54) is 20.2 Å². The summed E-state index contributed by atoms with van der Waals surface area (Å²) in [5, 5.41) is 0. The maximum absolute atomic E-state index is 13.5. The summed E-state index contributed by atoms with van der Waals surface area (Å²) in [5.74, 6) is -5.22. The summed E-state index contributed by atoms with van der Waals surface area (Å²) in [7, 11) is 1.34. The monoisotopic (exact) mass is 431 g/mol. The molecule has 0 saturated heterocycles. The van der Waals surface area contributed by atoms with Gasteiger partial charge in [-0.15, -0.1) is 0 Å². The van der Waals surface area contributed by atoms with Gasteiger partial charge in [0.25, 0.3) is 5.56 Å². The standard InChI is InChI=1S/C15H13F8N5O/c1-7-5-27(2)28-11(7)26-10(14(18,19)20)9(12(28)29)8(3-24)4-25-6-13(16,17)15(21,22)23/h3-5H,6,24H2,1-2H3. The Bertz CT molecular complexity index is 1040. The number of nitrogens with zero attached hydrogens (tertiary/aromatic N) is 4. The van der Waals surface area contributed by atoms with Crippen molar-refractivity contribution >= 4 is 17.4 Å². The first-order valence-electron chi connectivity index (χ1n) is 7.64. The van der Waals surface area contributed by atoms with Crippen molar-refractivity contribution in [2.75, 3.05) is 6.54 Å². The first kappa shape index (κ1) is 22.4. The van der Waals surface area contributed by atoms with E-state index in [9.17, 15) is 39.9 Å². The lowest BCUT2D eigenvalue weighted by molar-refractivity contribution is -0.276. The van der Waals surface area contributed by atoms with Crippen LogP contribution < -0.4 is 11.3 Å². The number of aromatic nitrogens is 3. The Hall–Kier alpha value is -2.93. The maximum atomic E-state index is 13.5. The smallest absolute Gasteiger partial charge is 0.404 e. The molecule has 0 saturated carbocycles. The minimum absolute atomic E-state index is 0.235. The maximum Gasteiger partial charge on any atom is 0.455 e. The van der Waals surface area contributed by atoms with Crippen LogP contribution in [0.25, 0.3) is 11.2 Å². The van der Waals surface area contributed by atoms with Crippen LogP contribution in [0.4, 0.5) is 35.1 Å². The number of alkyl halides is 8. The molecule has 0 fully saturated rings. The number of halogens is 8. The Labute approximate surface area is 156 Å². The van der Waals surface area contributed by atoms with Gasteiger partial charge in [-0.3, -0.25) is 14.5 Å². The summed E-state index contributed by atoms with van der Waals surface area (Å²) in [4.78, 5) is 18.9. The molecule has 14 heteroatoms. The predicted octanol–water partition coefficient (Wildman–Crippen LogP) is 2.93. The Morgan fingerprint density at radius 1 is 1.21 bits per heavy atom. The summed E-state index contributed by atoms with van der Waals surface area (Å²) in [6.45, 7) is -0.697. The first-order valence-corrected chi connectivity index (χ1v) is 7.64. The summed E-state index contributed by atoms with van der Waals surface area (Å²) >= 11 is 0. The molecule has 2 aromatic rings. The molecule has 0 spiro atoms. The van der Waals surface area contributed by atoms with E-state index in [-0.39, 0.29) is 17.4 Å². The number of nitrogens with two attached hydrogens (primary N) is 1. The fourth-order valence-electron chi connectivity index (χ4n) is 2.46. The molecule has 2 heterocycles. The largest absolute Gasteiger partial charge is 0.455 e. The summed E-state index contributed by atoms with van der Waals surface area (Å²) in [6.07, 6.45) is -9.06. The van der Waals surface area contributed by atoms with Crippen molar-refractivity contribution in [3.8, 4) is 0 Å². The van der Waals surface area contributed by atoms with E-state index in [0.29, 0.717) is 6.20 Å². The minimum atomic E-state index is -5.91. The van der Waals surface area contributed by atoms with Crippen LogP contribution in [0.2, 0.25) is 0 Å². The summed E-state index contributed by atoms with van der Waals surface area (Å²) in [5.41, 5.74) is 0.218. The van der Waals surface area contributed by atoms with Gasteiger partial charge in [0.15, 0.2) is 11.3 Å². The molecule has 2 N–H and O–H groups in total. The first-order chi connectivity index (χ1) is 13.1. The molecule has 6 nitrogen and oxygen atoms in total. The number of fused-ring (bicyclic) bond motifs is 1. The van der Waals surface area contributed by atoms with Gasteiger partial charge >= 0.3 is 18.3 Å². The van der Waals surface area contributed by atoms with E-state index >= 15 is 0 Å². The van der Waals surface area contributed by atoms with E-state index in [1.807, 2.05) is 0 Å². The molecule has 160 valence electrons. The molecule has 0 unspecified atom stereocenters. The zero-order chi connectivity index (χ0) is 22.4. The van der Waals surface area contributed by atoms with E-state index in [4.69, 9.17) is 5.73 Å². The second kappa shape index (κ2) is 7.15. The van der Waals surface area contributed by atoms with Crippen LogP contribution in [0.15, 0.2) is 22.2 Å². The number of allylic oxidation sites excluding steroid dienone is 1. The van der Waals surface area contributed by atoms with Gasteiger partial charge in [0.05, 0.1) is 5.56 Å². The molecule has 0 amide bonds. The molecule has 0 radical (unpaired) electrons. The SMILES string of the molecule is Cc1cn(C)n2c(=O)c(C(C=NCC(F)(F)C(F)(F)F)=CN)c(C(F)(F)F)nc12. The predicted molar refractivity (Wildman–Crippen MR) is 86.7 cm³/mol. The Balaban J connectivity index is 2.66. The molecule has 0 aliphatic heterocycles. The van der Waals surface area contributed by atoms with Crippen LogP contribution in [0.1, 0.15) is 16.8 Å². The third-order valence-corrected chi connectivity index (χ3v) is 3.78. The number of hydrogen-bond acceptors (Lipinski definition) is 4. The van der Waals surface area contributed by atoms with Crippen molar-refractivity contribution in [2.24, 2.45) is 17.8 Å². The molecule has 0 aliphatic carbocycles. The van der Waals surface area contributed by atoms with Crippen molar-refractivity contribution < 1.29 is 35.1 Å². The zero-order valence-corrected chi connectivity index (χ0v) is 14.7. The topological polar surface area (TPSA) is 77.7 Å². The van der Waals surface area contributed by atoms with Crippen LogP contribution in [-0.4, -0.2) is 39.0 Å². The Morgan fingerprint density at radius 2 is 1.79 bits per heavy atom. The fraction of sp³-hybridized carbons (Fsp3) is 0.400. The van der Waals surface area contributed by atoms with Crippen LogP contribution >= 0.6 is 0 Å². The molecule has 0 bridgehead atoms. The van der Waals surface area contributed by atoms with Gasteiger partial charge < -0.3 is 5.73 Å². The highest BCUT2D eigenvalue weighted by molar-refractivity contribution is 6.10. The van der Waals surface area contributed by atoms with Crippen LogP contribution in [-0.2, 0) is 13.2 Å². The van der Waals surface area contributed by atoms with Gasteiger partial charge in [-0.25, -0.2) is 4.98 Å². The van der Waals surface area contributed by atoms with Crippen molar-refractivity contribution in [3.63, 3.8) is 0 Å². The Morgan fingerprint density at radius 3 is 2.28 bits per heavy atom. The molecular weight excluding hydrogens is 418 g/mol. The second-order valence-corrected chi connectivity index (χ2v) is 5.95. The van der Waals surface area contributed by atoms with E-state index in [2.05, 4.69) is 9.98 Å². The zero-order valence-electron chi connectivity index (χ0n) is 14.7. The highest BCUT2D eigenvalue weighted by Crippen LogP contribution is 2.36. The van der Waals surface area contributed by atoms with Gasteiger partial charge in [0.2, 0.25) is 0 Å². The van der Waals surface area contributed by atoms with Gasteiger partial charge in [0, 0.05) is 36.8 Å². The molecule has 2 aromatic heterocycles. The quantitative estimate of drug-likeness (QED) is 0.598. The van der Waals surface area contributed by atoms with Gasteiger partial charge in [-0.05, 0) is 6.92 Å². The van der Waals surface area contributed by atoms with Crippen LogP contribution in [0, 0.1) is 6.92 Å². The van der Waals surface area contributed by atoms with E-state index < -0.39 is 47.2 Å². The molecule has 0 aromatic carbocycles. The molecule has 0 aliphatic rings. The normalized spacial score (nSPS) is 14.3. The third kappa shape index (κ3) is 4.10. The molecule has 2 rings (SSSR count). The van der Waals surface area contributed by atoms with Gasteiger partial charge in [-0.1, -0.05) is 0 Å². The number of rotatable bonds is 4. The van der Waals surface area contributed by atoms with Crippen LogP contribution in [0.5, 0.6) is 0 Å². The minimum Gasteiger partial charge on any atom is -0.404 e. The molecular formula is C15H13F8N5O. The summed E-state index contributed by atoms with van der Waals surface area (Å²) in [6, 6.07) is 0. The number of aliphatic imine (C=N–C) groups is 1. The van der Waals surface area contributed by atoms with E-state index in [0.717, 1.165) is 9.20 Å². The Kier molecular flexibility index (Phi) is 5.51. The van der Waals surface area contributed by atoms with Crippen molar-refractivity contribution in [2.45, 2.75) is 25.2 Å². The number of aryl methyl sites for hydroxylation is 2. The van der Waals surface area contributed by atoms with E-state index in [1.54, 1.807) is 0 Å². The second-order valence-electron chi connectivity index (χ2n) is 5.95. The average molecular weight is 431 g/mol. The lowest BCUT2D eigenvalue weighted by Crippen LogP contribution is -2.39. The lowest BCUT2D eigenvalue weighted by atomic mass is 10.1. The number of hydrogen-bond donors (Lipinski definition) is 1. The average Bonchev–Trinajstić information content (AvgIpc) is 2.84. The third-order valence-electron chi connectivity index (χ3n) is 3.78. The van der Waals surface area contributed by atoms with Gasteiger partial charge in [-0.2, -0.15) is 39.6 Å². The van der Waals surface area contributed by atoms with Crippen molar-refractivity contribution in [1.29, 1.82) is 0 Å². The lowest BCUT2D eigenvalue weighted by Gasteiger charge is -2.17.